The molecule has 1 aliphatic rings. The highest BCUT2D eigenvalue weighted by molar-refractivity contribution is 5.78. The molecule has 0 bridgehead atoms. The van der Waals surface area contributed by atoms with Gasteiger partial charge in [-0.15, -0.1) is 0 Å². The Balaban J connectivity index is 2.14. The lowest BCUT2D eigenvalue weighted by Crippen LogP contribution is -2.25. The highest BCUT2D eigenvalue weighted by atomic mass is 16.1. The maximum Gasteiger partial charge on any atom is 0.234 e. The maximum atomic E-state index is 10.8. The molecule has 1 fully saturated rings. The normalized spacial score (nSPS) is 27.3. The van der Waals surface area contributed by atoms with Crippen molar-refractivity contribution in [2.24, 2.45) is 5.92 Å². The number of nitrogens with one attached hydrogen (secondary N) is 1. The van der Waals surface area contributed by atoms with E-state index < -0.39 is 0 Å². The van der Waals surface area contributed by atoms with Gasteiger partial charge in [-0.1, -0.05) is 13.3 Å². The first-order chi connectivity index (χ1) is 5.27. The van der Waals surface area contributed by atoms with Crippen molar-refractivity contribution in [1.29, 1.82) is 5.26 Å². The van der Waals surface area contributed by atoms with Crippen LogP contribution in [-0.4, -0.2) is 11.9 Å². The maximum absolute atomic E-state index is 10.8. The molecule has 2 unspecified atom stereocenters. The Labute approximate surface area is 66.4 Å². The number of nitrogens with zero attached hydrogens (tertiary/aromatic N) is 1. The number of amides is 1. The van der Waals surface area contributed by atoms with Gasteiger partial charge in [0.2, 0.25) is 5.91 Å². The summed E-state index contributed by atoms with van der Waals surface area (Å²) in [4.78, 5) is 10.8. The van der Waals surface area contributed by atoms with Gasteiger partial charge in [0.1, 0.15) is 6.42 Å². The lowest BCUT2D eigenvalue weighted by molar-refractivity contribution is -0.120. The molecule has 11 heavy (non-hydrogen) atoms. The Hall–Kier alpha value is -1.04. The average Bonchev–Trinajstić information content (AvgIpc) is 2.68. The standard InChI is InChI=1S/C8H12N2O/c1-2-6-5-7(6)10-8(11)3-4-9/h6-7H,2-3,5H2,1H3,(H,10,11). The third-order valence-electron chi connectivity index (χ3n) is 2.03. The first kappa shape index (κ1) is 8.06. The molecule has 0 aromatic rings. The van der Waals surface area contributed by atoms with Crippen molar-refractivity contribution in [1.82, 2.24) is 5.32 Å². The summed E-state index contributed by atoms with van der Waals surface area (Å²) < 4.78 is 0. The summed E-state index contributed by atoms with van der Waals surface area (Å²) in [7, 11) is 0. The van der Waals surface area contributed by atoms with Crippen molar-refractivity contribution in [3.05, 3.63) is 0 Å². The van der Waals surface area contributed by atoms with Gasteiger partial charge in [0.05, 0.1) is 6.07 Å². The van der Waals surface area contributed by atoms with E-state index in [1.165, 1.54) is 0 Å². The molecule has 1 rings (SSSR count). The third-order valence-corrected chi connectivity index (χ3v) is 2.03. The Kier molecular flexibility index (Phi) is 2.48. The SMILES string of the molecule is CCC1CC1NC(=O)CC#N. The molecule has 0 heterocycles. The molecular formula is C8H12N2O. The van der Waals surface area contributed by atoms with Gasteiger partial charge >= 0.3 is 0 Å². The summed E-state index contributed by atoms with van der Waals surface area (Å²) in [6.07, 6.45) is 2.21. The molecule has 3 heteroatoms. The van der Waals surface area contributed by atoms with Crippen LogP contribution < -0.4 is 5.32 Å². The zero-order chi connectivity index (χ0) is 8.27. The summed E-state index contributed by atoms with van der Waals surface area (Å²) >= 11 is 0. The molecule has 1 amide bonds. The molecule has 0 aromatic heterocycles. The topological polar surface area (TPSA) is 52.9 Å². The zero-order valence-corrected chi connectivity index (χ0v) is 6.63. The minimum atomic E-state index is -0.131. The van der Waals surface area contributed by atoms with Gasteiger partial charge in [-0.3, -0.25) is 4.79 Å². The van der Waals surface area contributed by atoms with Crippen molar-refractivity contribution < 1.29 is 4.79 Å². The van der Waals surface area contributed by atoms with Crippen molar-refractivity contribution in [2.75, 3.05) is 0 Å². The minimum absolute atomic E-state index is 0.00701. The average molecular weight is 152 g/mol. The molecule has 1 saturated carbocycles. The number of hydrogen-bond donors (Lipinski definition) is 1. The van der Waals surface area contributed by atoms with Crippen LogP contribution in [0.5, 0.6) is 0 Å². The quantitative estimate of drug-likeness (QED) is 0.650. The minimum Gasteiger partial charge on any atom is -0.352 e. The fourth-order valence-corrected chi connectivity index (χ4v) is 1.21. The van der Waals surface area contributed by atoms with E-state index in [4.69, 9.17) is 5.26 Å². The monoisotopic (exact) mass is 152 g/mol. The van der Waals surface area contributed by atoms with Crippen LogP contribution in [-0.2, 0) is 4.79 Å². The van der Waals surface area contributed by atoms with E-state index in [1.807, 2.05) is 6.07 Å². The number of hydrogen-bond acceptors (Lipinski definition) is 2. The van der Waals surface area contributed by atoms with Crippen LogP contribution in [0.25, 0.3) is 0 Å². The summed E-state index contributed by atoms with van der Waals surface area (Å²) in [5, 5.41) is 11.0. The number of rotatable bonds is 3. The molecule has 0 spiro atoms. The summed E-state index contributed by atoms with van der Waals surface area (Å²) in [5.74, 6) is 0.533. The second-order valence-electron chi connectivity index (χ2n) is 2.91. The Morgan fingerprint density at radius 3 is 3.00 bits per heavy atom. The van der Waals surface area contributed by atoms with E-state index >= 15 is 0 Å². The lowest BCUT2D eigenvalue weighted by atomic mass is 10.3. The zero-order valence-electron chi connectivity index (χ0n) is 6.63. The summed E-state index contributed by atoms with van der Waals surface area (Å²) in [6, 6.07) is 2.18. The molecule has 2 atom stereocenters. The largest absolute Gasteiger partial charge is 0.352 e. The molecule has 0 aliphatic heterocycles. The van der Waals surface area contributed by atoms with Crippen molar-refractivity contribution in [2.45, 2.75) is 32.2 Å². The first-order valence-electron chi connectivity index (χ1n) is 3.94. The van der Waals surface area contributed by atoms with E-state index in [9.17, 15) is 4.79 Å². The number of nitriles is 1. The van der Waals surface area contributed by atoms with E-state index in [0.29, 0.717) is 12.0 Å². The predicted molar refractivity (Wildman–Crippen MR) is 40.6 cm³/mol. The molecule has 1 aliphatic carbocycles. The van der Waals surface area contributed by atoms with E-state index in [-0.39, 0.29) is 12.3 Å². The smallest absolute Gasteiger partial charge is 0.234 e. The van der Waals surface area contributed by atoms with Crippen LogP contribution in [0.2, 0.25) is 0 Å². The molecule has 0 radical (unpaired) electrons. The Morgan fingerprint density at radius 2 is 2.55 bits per heavy atom. The van der Waals surface area contributed by atoms with Gasteiger partial charge < -0.3 is 5.32 Å². The molecule has 0 aromatic carbocycles. The van der Waals surface area contributed by atoms with Gasteiger partial charge in [-0.25, -0.2) is 0 Å². The molecule has 0 saturated heterocycles. The van der Waals surface area contributed by atoms with Crippen LogP contribution >= 0.6 is 0 Å². The van der Waals surface area contributed by atoms with Crippen LogP contribution in [0.3, 0.4) is 0 Å². The second-order valence-corrected chi connectivity index (χ2v) is 2.91. The van der Waals surface area contributed by atoms with Crippen molar-refractivity contribution in [3.8, 4) is 6.07 Å². The number of carbonyl (C=O) groups is 1. The Morgan fingerprint density at radius 1 is 1.82 bits per heavy atom. The molecule has 1 N–H and O–H groups in total. The first-order valence-corrected chi connectivity index (χ1v) is 3.94. The van der Waals surface area contributed by atoms with Gasteiger partial charge in [0.25, 0.3) is 0 Å². The van der Waals surface area contributed by atoms with Crippen LogP contribution in [0.4, 0.5) is 0 Å². The second kappa shape index (κ2) is 3.38. The fraction of sp³-hybridized carbons (Fsp3) is 0.750. The van der Waals surface area contributed by atoms with Crippen LogP contribution in [0, 0.1) is 17.2 Å². The highest BCUT2D eigenvalue weighted by Crippen LogP contribution is 2.32. The Bertz CT molecular complexity index is 195. The third kappa shape index (κ3) is 2.23. The molecule has 3 nitrogen and oxygen atoms in total. The van der Waals surface area contributed by atoms with Gasteiger partial charge in [-0.2, -0.15) is 5.26 Å². The van der Waals surface area contributed by atoms with Crippen molar-refractivity contribution >= 4 is 5.91 Å². The summed E-state index contributed by atoms with van der Waals surface area (Å²) in [6.45, 7) is 2.11. The van der Waals surface area contributed by atoms with Crippen LogP contribution in [0.15, 0.2) is 0 Å². The number of carbonyl (C=O) groups excluding carboxylic acids is 1. The van der Waals surface area contributed by atoms with Crippen LogP contribution in [0.1, 0.15) is 26.2 Å². The lowest BCUT2D eigenvalue weighted by Gasteiger charge is -1.98. The highest BCUT2D eigenvalue weighted by Gasteiger charge is 2.36. The van der Waals surface area contributed by atoms with Gasteiger partial charge in [0.15, 0.2) is 0 Å². The molecular weight excluding hydrogens is 140 g/mol. The summed E-state index contributed by atoms with van der Waals surface area (Å²) in [5.41, 5.74) is 0. The van der Waals surface area contributed by atoms with E-state index in [0.717, 1.165) is 12.8 Å². The van der Waals surface area contributed by atoms with Gasteiger partial charge in [-0.05, 0) is 12.3 Å². The predicted octanol–water partition coefficient (Wildman–Crippen LogP) is 0.815. The fourth-order valence-electron chi connectivity index (χ4n) is 1.21. The van der Waals surface area contributed by atoms with Crippen molar-refractivity contribution in [3.63, 3.8) is 0 Å². The van der Waals surface area contributed by atoms with Gasteiger partial charge in [0, 0.05) is 6.04 Å². The molecule has 60 valence electrons. The van der Waals surface area contributed by atoms with E-state index in [1.54, 1.807) is 0 Å². The van der Waals surface area contributed by atoms with E-state index in [2.05, 4.69) is 12.2 Å².